The van der Waals surface area contributed by atoms with Crippen LogP contribution >= 0.6 is 0 Å². The summed E-state index contributed by atoms with van der Waals surface area (Å²) >= 11 is 0. The standard InChI is InChI=1S/C5H10O5.H2O/c6-1-3(8)5(10)4(9)2-7;/h3,5-8,10H,1-2H2;1H2/t3-,5+;/m1./s1. The molecular formula is C5H12O6. The highest BCUT2D eigenvalue weighted by Gasteiger charge is 2.21. The van der Waals surface area contributed by atoms with Crippen molar-refractivity contribution in [2.24, 2.45) is 0 Å². The van der Waals surface area contributed by atoms with Crippen LogP contribution in [0, 0.1) is 0 Å². The van der Waals surface area contributed by atoms with Gasteiger partial charge in [0.2, 0.25) is 0 Å². The second-order valence-corrected chi connectivity index (χ2v) is 1.82. The molecule has 6 N–H and O–H groups in total. The normalized spacial score (nSPS) is 14.9. The zero-order valence-electron chi connectivity index (χ0n) is 5.77. The highest BCUT2D eigenvalue weighted by Crippen LogP contribution is 1.92. The Bertz CT molecular complexity index is 114. The van der Waals surface area contributed by atoms with Gasteiger partial charge in [0.25, 0.3) is 0 Å². The van der Waals surface area contributed by atoms with Crippen LogP contribution in [0.5, 0.6) is 0 Å². The Hall–Kier alpha value is -0.530. The monoisotopic (exact) mass is 168 g/mol. The molecule has 6 heteroatoms. The fraction of sp³-hybridized carbons (Fsp3) is 0.800. The van der Waals surface area contributed by atoms with Crippen LogP contribution in [0.4, 0.5) is 0 Å². The van der Waals surface area contributed by atoms with Gasteiger partial charge in [-0.05, 0) is 0 Å². The summed E-state index contributed by atoms with van der Waals surface area (Å²) in [5.41, 5.74) is 0. The summed E-state index contributed by atoms with van der Waals surface area (Å²) in [6, 6.07) is 0. The van der Waals surface area contributed by atoms with Crippen LogP contribution in [0.1, 0.15) is 0 Å². The van der Waals surface area contributed by atoms with E-state index in [1.807, 2.05) is 0 Å². The molecule has 0 saturated heterocycles. The van der Waals surface area contributed by atoms with Gasteiger partial charge in [-0.3, -0.25) is 4.79 Å². The van der Waals surface area contributed by atoms with Crippen LogP contribution in [0.2, 0.25) is 0 Å². The number of aliphatic hydroxyl groups excluding tert-OH is 4. The molecule has 0 unspecified atom stereocenters. The number of ketones is 1. The van der Waals surface area contributed by atoms with E-state index in [0.29, 0.717) is 0 Å². The Morgan fingerprint density at radius 2 is 1.73 bits per heavy atom. The average Bonchev–Trinajstić information content (AvgIpc) is 2.00. The first-order valence-corrected chi connectivity index (χ1v) is 2.74. The molecule has 0 aliphatic rings. The molecule has 0 aromatic heterocycles. The first kappa shape index (κ1) is 13.1. The zero-order valence-corrected chi connectivity index (χ0v) is 5.77. The van der Waals surface area contributed by atoms with Crippen molar-refractivity contribution in [1.29, 1.82) is 0 Å². The molecule has 0 bridgehead atoms. The summed E-state index contributed by atoms with van der Waals surface area (Å²) in [7, 11) is 0. The lowest BCUT2D eigenvalue weighted by atomic mass is 10.1. The maximum atomic E-state index is 10.3. The zero-order chi connectivity index (χ0) is 8.15. The summed E-state index contributed by atoms with van der Waals surface area (Å²) in [5.74, 6) is -0.901. The summed E-state index contributed by atoms with van der Waals surface area (Å²) in [6.07, 6.45) is -3.19. The molecule has 0 aliphatic heterocycles. The van der Waals surface area contributed by atoms with Gasteiger partial charge in [0, 0.05) is 0 Å². The third kappa shape index (κ3) is 4.02. The lowest BCUT2D eigenvalue weighted by molar-refractivity contribution is -0.137. The Labute approximate surface area is 63.0 Å². The number of carbonyl (C=O) groups excluding carboxylic acids is 1. The van der Waals surface area contributed by atoms with E-state index in [1.165, 1.54) is 0 Å². The summed E-state index contributed by atoms with van der Waals surface area (Å²) in [5, 5.41) is 33.6. The molecule has 0 radical (unpaired) electrons. The number of hydrogen-bond acceptors (Lipinski definition) is 5. The van der Waals surface area contributed by atoms with Crippen molar-refractivity contribution >= 4 is 5.78 Å². The summed E-state index contributed by atoms with van der Waals surface area (Å²) in [4.78, 5) is 10.3. The van der Waals surface area contributed by atoms with E-state index in [1.54, 1.807) is 0 Å². The van der Waals surface area contributed by atoms with Crippen LogP contribution < -0.4 is 0 Å². The van der Waals surface area contributed by atoms with Crippen molar-refractivity contribution in [3.05, 3.63) is 0 Å². The third-order valence-electron chi connectivity index (χ3n) is 1.04. The quantitative estimate of drug-likeness (QED) is 0.345. The molecule has 0 saturated carbocycles. The first-order chi connectivity index (χ1) is 4.63. The van der Waals surface area contributed by atoms with Crippen molar-refractivity contribution in [3.8, 4) is 0 Å². The molecule has 0 aromatic carbocycles. The topological polar surface area (TPSA) is 129 Å². The van der Waals surface area contributed by atoms with E-state index >= 15 is 0 Å². The van der Waals surface area contributed by atoms with Gasteiger partial charge in [0.1, 0.15) is 18.8 Å². The molecule has 0 heterocycles. The minimum Gasteiger partial charge on any atom is -0.412 e. The molecule has 0 aliphatic carbocycles. The molecule has 2 atom stereocenters. The number of carbonyl (C=O) groups is 1. The Morgan fingerprint density at radius 3 is 2.00 bits per heavy atom. The van der Waals surface area contributed by atoms with E-state index in [0.717, 1.165) is 0 Å². The van der Waals surface area contributed by atoms with E-state index in [4.69, 9.17) is 20.4 Å². The molecule has 0 aromatic rings. The van der Waals surface area contributed by atoms with E-state index < -0.39 is 31.2 Å². The minimum atomic E-state index is -1.69. The SMILES string of the molecule is O.O=C(CO)[C@@H](O)[C@H](O)CO. The van der Waals surface area contributed by atoms with Gasteiger partial charge in [0.15, 0.2) is 5.78 Å². The minimum absolute atomic E-state index is 0. The van der Waals surface area contributed by atoms with Gasteiger partial charge in [-0.2, -0.15) is 0 Å². The predicted molar refractivity (Wildman–Crippen MR) is 34.8 cm³/mol. The fourth-order valence-electron chi connectivity index (χ4n) is 0.408. The predicted octanol–water partition coefficient (Wildman–Crippen LogP) is -3.56. The number of aliphatic hydroxyl groups is 4. The second-order valence-electron chi connectivity index (χ2n) is 1.82. The number of hydrogen-bond donors (Lipinski definition) is 4. The Balaban J connectivity index is 0. The van der Waals surface area contributed by atoms with Crippen molar-refractivity contribution in [2.75, 3.05) is 13.2 Å². The maximum Gasteiger partial charge on any atom is 0.189 e. The highest BCUT2D eigenvalue weighted by atomic mass is 16.4. The molecule has 0 amide bonds. The molecule has 0 fully saturated rings. The second kappa shape index (κ2) is 6.20. The van der Waals surface area contributed by atoms with Crippen LogP contribution in [0.15, 0.2) is 0 Å². The van der Waals surface area contributed by atoms with Crippen molar-refractivity contribution in [1.82, 2.24) is 0 Å². The molecular weight excluding hydrogens is 156 g/mol. The van der Waals surface area contributed by atoms with Crippen molar-refractivity contribution in [3.63, 3.8) is 0 Å². The van der Waals surface area contributed by atoms with E-state index in [9.17, 15) is 4.79 Å². The first-order valence-electron chi connectivity index (χ1n) is 2.74. The van der Waals surface area contributed by atoms with Crippen molar-refractivity contribution in [2.45, 2.75) is 12.2 Å². The summed E-state index contributed by atoms with van der Waals surface area (Å²) < 4.78 is 0. The van der Waals surface area contributed by atoms with Gasteiger partial charge < -0.3 is 25.9 Å². The Morgan fingerprint density at radius 1 is 1.27 bits per heavy atom. The van der Waals surface area contributed by atoms with E-state index in [-0.39, 0.29) is 5.48 Å². The van der Waals surface area contributed by atoms with E-state index in [2.05, 4.69) is 0 Å². The van der Waals surface area contributed by atoms with Crippen LogP contribution in [0.25, 0.3) is 0 Å². The molecule has 68 valence electrons. The van der Waals surface area contributed by atoms with Crippen LogP contribution in [0.3, 0.4) is 0 Å². The van der Waals surface area contributed by atoms with Gasteiger partial charge in [-0.1, -0.05) is 0 Å². The third-order valence-corrected chi connectivity index (χ3v) is 1.04. The van der Waals surface area contributed by atoms with Crippen LogP contribution in [-0.2, 0) is 4.79 Å². The van der Waals surface area contributed by atoms with Crippen molar-refractivity contribution < 1.29 is 30.7 Å². The number of Topliss-reactive ketones (excluding diaryl/α,β-unsaturated/α-hetero) is 1. The van der Waals surface area contributed by atoms with Crippen LogP contribution in [-0.4, -0.2) is 57.1 Å². The summed E-state index contributed by atoms with van der Waals surface area (Å²) in [6.45, 7) is -1.54. The fourth-order valence-corrected chi connectivity index (χ4v) is 0.408. The Kier molecular flexibility index (Phi) is 7.37. The van der Waals surface area contributed by atoms with Gasteiger partial charge >= 0.3 is 0 Å². The lowest BCUT2D eigenvalue weighted by Gasteiger charge is -2.11. The molecule has 6 nitrogen and oxygen atoms in total. The smallest absolute Gasteiger partial charge is 0.189 e. The molecule has 11 heavy (non-hydrogen) atoms. The highest BCUT2D eigenvalue weighted by molar-refractivity contribution is 5.84. The maximum absolute atomic E-state index is 10.3. The molecule has 0 spiro atoms. The largest absolute Gasteiger partial charge is 0.412 e. The average molecular weight is 168 g/mol. The molecule has 0 rings (SSSR count). The number of rotatable bonds is 4. The lowest BCUT2D eigenvalue weighted by Crippen LogP contribution is -2.37. The van der Waals surface area contributed by atoms with Gasteiger partial charge in [-0.15, -0.1) is 0 Å². The van der Waals surface area contributed by atoms with Gasteiger partial charge in [0.05, 0.1) is 6.61 Å². The van der Waals surface area contributed by atoms with Gasteiger partial charge in [-0.25, -0.2) is 0 Å².